The van der Waals surface area contributed by atoms with E-state index in [1.165, 1.54) is 0 Å². The van der Waals surface area contributed by atoms with Crippen LogP contribution in [0.15, 0.2) is 39.2 Å². The van der Waals surface area contributed by atoms with Gasteiger partial charge in [0.1, 0.15) is 11.3 Å². The Balaban J connectivity index is 1.34. The van der Waals surface area contributed by atoms with Crippen LogP contribution in [0.2, 0.25) is 0 Å². The largest absolute Gasteiger partial charge is 0.464 e. The van der Waals surface area contributed by atoms with E-state index in [2.05, 4.69) is 26.0 Å². The third-order valence-electron chi connectivity index (χ3n) is 4.55. The van der Waals surface area contributed by atoms with Crippen molar-refractivity contribution in [3.05, 3.63) is 51.8 Å². The Morgan fingerprint density at radius 2 is 2.07 bits per heavy atom. The topological polar surface area (TPSA) is 79.4 Å². The van der Waals surface area contributed by atoms with Gasteiger partial charge in [-0.15, -0.1) is 5.10 Å². The Labute approximate surface area is 175 Å². The summed E-state index contributed by atoms with van der Waals surface area (Å²) in [4.78, 5) is 16.6. The van der Waals surface area contributed by atoms with E-state index in [1.807, 2.05) is 44.2 Å². The second-order valence-electron chi connectivity index (χ2n) is 6.86. The molecule has 3 aromatic heterocycles. The Hall–Kier alpha value is -2.87. The lowest BCUT2D eigenvalue weighted by molar-refractivity contribution is -0.146. The summed E-state index contributed by atoms with van der Waals surface area (Å²) in [7, 11) is 1.80. The molecule has 0 fully saturated rings. The number of hydrogen-bond acceptors (Lipinski definition) is 6. The molecule has 7 nitrogen and oxygen atoms in total. The van der Waals surface area contributed by atoms with Crippen LogP contribution in [-0.2, 0) is 23.0 Å². The summed E-state index contributed by atoms with van der Waals surface area (Å²) < 4.78 is 19.3. The van der Waals surface area contributed by atoms with Crippen molar-refractivity contribution in [3.8, 4) is 5.88 Å². The summed E-state index contributed by atoms with van der Waals surface area (Å²) in [5, 5.41) is 6.14. The van der Waals surface area contributed by atoms with E-state index in [9.17, 15) is 4.79 Å². The lowest BCUT2D eigenvalue weighted by atomic mass is 10.2. The van der Waals surface area contributed by atoms with Gasteiger partial charge in [-0.2, -0.15) is 0 Å². The zero-order valence-electron chi connectivity index (χ0n) is 16.4. The zero-order valence-corrected chi connectivity index (χ0v) is 17.9. The second-order valence-corrected chi connectivity index (χ2v) is 7.78. The quantitative estimate of drug-likeness (QED) is 0.402. The molecule has 4 aromatic rings. The number of furan rings is 1. The third kappa shape index (κ3) is 4.12. The number of pyridine rings is 1. The molecule has 0 spiro atoms. The summed E-state index contributed by atoms with van der Waals surface area (Å²) in [6, 6.07) is 9.71. The highest BCUT2D eigenvalue weighted by molar-refractivity contribution is 9.10. The molecule has 0 unspecified atom stereocenters. The number of benzene rings is 1. The number of aromatic nitrogens is 3. The summed E-state index contributed by atoms with van der Waals surface area (Å²) in [5.41, 5.74) is 3.43. The zero-order chi connectivity index (χ0) is 20.5. The van der Waals surface area contributed by atoms with Gasteiger partial charge < -0.3 is 13.9 Å². The first-order valence-electron chi connectivity index (χ1n) is 9.18. The number of rotatable bonds is 6. The van der Waals surface area contributed by atoms with E-state index in [0.29, 0.717) is 12.3 Å². The van der Waals surface area contributed by atoms with Crippen molar-refractivity contribution >= 4 is 43.9 Å². The Bertz CT molecular complexity index is 1210. The fourth-order valence-electron chi connectivity index (χ4n) is 3.28. The molecule has 4 rings (SSSR count). The van der Waals surface area contributed by atoms with Gasteiger partial charge in [0, 0.05) is 29.0 Å². The fraction of sp³-hybridized carbons (Fsp3) is 0.286. The average molecular weight is 458 g/mol. The van der Waals surface area contributed by atoms with Gasteiger partial charge in [0.2, 0.25) is 5.88 Å². The predicted octanol–water partition coefficient (Wildman–Crippen LogP) is 4.26. The number of hydrogen-bond donors (Lipinski definition) is 0. The number of nitrogens with zero attached hydrogens (tertiary/aromatic N) is 3. The Kier molecular flexibility index (Phi) is 5.27. The lowest BCUT2D eigenvalue weighted by Gasteiger charge is -2.05. The fourth-order valence-corrected chi connectivity index (χ4v) is 3.66. The summed E-state index contributed by atoms with van der Waals surface area (Å²) >= 11 is 3.44. The first-order valence-corrected chi connectivity index (χ1v) is 9.97. The van der Waals surface area contributed by atoms with Crippen molar-refractivity contribution in [2.45, 2.75) is 20.3 Å². The van der Waals surface area contributed by atoms with Crippen molar-refractivity contribution in [1.29, 1.82) is 0 Å². The second kappa shape index (κ2) is 7.87. The Morgan fingerprint density at radius 1 is 1.24 bits per heavy atom. The molecule has 0 N–H and O–H groups in total. The number of ether oxygens (including phenoxy) is 2. The van der Waals surface area contributed by atoms with E-state index < -0.39 is 5.97 Å². The maximum Gasteiger partial charge on any atom is 0.344 e. The van der Waals surface area contributed by atoms with E-state index in [4.69, 9.17) is 13.9 Å². The molecule has 1 aromatic carbocycles. The molecular weight excluding hydrogens is 438 g/mol. The number of fused-ring (bicyclic) bond motifs is 2. The van der Waals surface area contributed by atoms with Crippen LogP contribution in [0.3, 0.4) is 0 Å². The maximum absolute atomic E-state index is 12.1. The minimum atomic E-state index is -0.458. The molecule has 0 aliphatic carbocycles. The maximum atomic E-state index is 12.1. The van der Waals surface area contributed by atoms with Crippen LogP contribution in [0.4, 0.5) is 0 Å². The number of halogens is 1. The van der Waals surface area contributed by atoms with Gasteiger partial charge in [-0.3, -0.25) is 0 Å². The summed E-state index contributed by atoms with van der Waals surface area (Å²) in [6.07, 6.45) is 0.493. The van der Waals surface area contributed by atoms with Crippen LogP contribution in [0.5, 0.6) is 5.88 Å². The smallest absolute Gasteiger partial charge is 0.344 e. The van der Waals surface area contributed by atoms with Gasteiger partial charge in [-0.25, -0.2) is 14.5 Å². The van der Waals surface area contributed by atoms with E-state index >= 15 is 0 Å². The van der Waals surface area contributed by atoms with Gasteiger partial charge in [-0.1, -0.05) is 15.9 Å². The molecule has 0 saturated carbocycles. The van der Waals surface area contributed by atoms with Crippen LogP contribution in [0.1, 0.15) is 17.0 Å². The third-order valence-corrected chi connectivity index (χ3v) is 5.05. The number of carbonyl (C=O) groups is 1. The Morgan fingerprint density at radius 3 is 2.90 bits per heavy atom. The van der Waals surface area contributed by atoms with E-state index in [1.54, 1.807) is 11.7 Å². The van der Waals surface area contributed by atoms with Crippen LogP contribution in [0, 0.1) is 13.8 Å². The minimum absolute atomic E-state index is 0.214. The number of aryl methyl sites for hydroxylation is 3. The molecule has 0 radical (unpaired) electrons. The van der Waals surface area contributed by atoms with Gasteiger partial charge in [0.05, 0.1) is 12.0 Å². The number of esters is 1. The number of carbonyl (C=O) groups excluding carboxylic acids is 1. The molecule has 29 heavy (non-hydrogen) atoms. The van der Waals surface area contributed by atoms with Gasteiger partial charge in [0.25, 0.3) is 0 Å². The van der Waals surface area contributed by atoms with Crippen LogP contribution in [-0.4, -0.2) is 33.9 Å². The highest BCUT2D eigenvalue weighted by Gasteiger charge is 2.16. The molecule has 0 atom stereocenters. The normalized spacial score (nSPS) is 11.3. The molecule has 0 saturated heterocycles. The van der Waals surface area contributed by atoms with Crippen molar-refractivity contribution < 1.29 is 18.7 Å². The molecule has 0 aliphatic rings. The van der Waals surface area contributed by atoms with Crippen molar-refractivity contribution in [2.24, 2.45) is 7.05 Å². The van der Waals surface area contributed by atoms with E-state index in [-0.39, 0.29) is 13.2 Å². The monoisotopic (exact) mass is 457 g/mol. The summed E-state index contributed by atoms with van der Waals surface area (Å²) in [6.45, 7) is 3.90. The van der Waals surface area contributed by atoms with Gasteiger partial charge in [-0.05, 0) is 49.7 Å². The first kappa shape index (κ1) is 19.4. The lowest BCUT2D eigenvalue weighted by Crippen LogP contribution is -2.16. The van der Waals surface area contributed by atoms with E-state index in [0.717, 1.165) is 43.5 Å². The van der Waals surface area contributed by atoms with Crippen molar-refractivity contribution in [2.75, 3.05) is 13.2 Å². The highest BCUT2D eigenvalue weighted by atomic mass is 79.9. The van der Waals surface area contributed by atoms with Crippen LogP contribution in [0.25, 0.3) is 22.0 Å². The van der Waals surface area contributed by atoms with Gasteiger partial charge in [0.15, 0.2) is 12.3 Å². The van der Waals surface area contributed by atoms with Crippen LogP contribution >= 0.6 is 15.9 Å². The minimum Gasteiger partial charge on any atom is -0.464 e. The van der Waals surface area contributed by atoms with Crippen LogP contribution < -0.4 is 4.74 Å². The molecule has 0 amide bonds. The predicted molar refractivity (Wildman–Crippen MR) is 112 cm³/mol. The van der Waals surface area contributed by atoms with Gasteiger partial charge >= 0.3 is 5.97 Å². The summed E-state index contributed by atoms with van der Waals surface area (Å²) in [5.74, 6) is 0.687. The molecule has 3 heterocycles. The standard InChI is InChI=1S/C21H20BrN3O4/c1-12-8-13(2)23-20-19(12)21(24-25(20)3)28-11-18(26)27-7-6-16-10-14-9-15(22)4-5-17(14)29-16/h4-5,8-10H,6-7,11H2,1-3H3. The SMILES string of the molecule is Cc1cc(C)c2c(OCC(=O)OCCc3cc4cc(Br)ccc4o3)nn(C)c2n1. The molecule has 8 heteroatoms. The average Bonchev–Trinajstić information content (AvgIpc) is 3.20. The highest BCUT2D eigenvalue weighted by Crippen LogP contribution is 2.27. The van der Waals surface area contributed by atoms with Crippen molar-refractivity contribution in [1.82, 2.24) is 14.8 Å². The first-order chi connectivity index (χ1) is 13.9. The van der Waals surface area contributed by atoms with Crippen molar-refractivity contribution in [3.63, 3.8) is 0 Å². The molecule has 0 bridgehead atoms. The molecular formula is C21H20BrN3O4. The molecule has 0 aliphatic heterocycles. The molecule has 150 valence electrons.